The Kier molecular flexibility index (Phi) is 4.41. The van der Waals surface area contributed by atoms with Gasteiger partial charge in [0.15, 0.2) is 0 Å². The molecule has 0 bridgehead atoms. The summed E-state index contributed by atoms with van der Waals surface area (Å²) >= 11 is 0. The Morgan fingerprint density at radius 2 is 1.86 bits per heavy atom. The fourth-order valence-electron chi connectivity index (χ4n) is 4.76. The molecule has 2 atom stereocenters. The predicted molar refractivity (Wildman–Crippen MR) is 104 cm³/mol. The molecule has 2 aliphatic heterocycles. The Labute approximate surface area is 169 Å². The standard InChI is InChI=1S/C22H25FN4O2/c1-25-11-10-24-21(25)20-18(8-9-19(28)27(20)17-6-7-17)22(29)26-12-15(13-26)14-2-4-16(23)5-3-14/h2-5,10-11,15,17-18,20H,6-9,12-13H2,1H3/t18-,20-/m0/s1. The molecule has 1 saturated carbocycles. The first-order chi connectivity index (χ1) is 14.0. The van der Waals surface area contributed by atoms with Gasteiger partial charge in [0.25, 0.3) is 0 Å². The Bertz CT molecular complexity index is 931. The van der Waals surface area contributed by atoms with E-state index < -0.39 is 0 Å². The van der Waals surface area contributed by atoms with Crippen LogP contribution in [0.2, 0.25) is 0 Å². The van der Waals surface area contributed by atoms with E-state index >= 15 is 0 Å². The lowest BCUT2D eigenvalue weighted by Crippen LogP contribution is -2.55. The number of benzene rings is 1. The smallest absolute Gasteiger partial charge is 0.228 e. The first-order valence-electron chi connectivity index (χ1n) is 10.4. The highest BCUT2D eigenvalue weighted by atomic mass is 19.1. The molecular weight excluding hydrogens is 371 g/mol. The average molecular weight is 396 g/mol. The maximum absolute atomic E-state index is 13.4. The second-order valence-electron chi connectivity index (χ2n) is 8.51. The molecule has 0 unspecified atom stereocenters. The summed E-state index contributed by atoms with van der Waals surface area (Å²) < 4.78 is 15.1. The third-order valence-corrected chi connectivity index (χ3v) is 6.55. The van der Waals surface area contributed by atoms with Crippen molar-refractivity contribution < 1.29 is 14.0 Å². The minimum atomic E-state index is -0.291. The maximum atomic E-state index is 13.4. The quantitative estimate of drug-likeness (QED) is 0.798. The first kappa shape index (κ1) is 18.3. The molecule has 152 valence electrons. The second kappa shape index (κ2) is 6.97. The molecule has 0 N–H and O–H groups in total. The van der Waals surface area contributed by atoms with Gasteiger partial charge < -0.3 is 14.4 Å². The van der Waals surface area contributed by atoms with Gasteiger partial charge in [0.1, 0.15) is 17.7 Å². The molecule has 6 nitrogen and oxygen atoms in total. The molecule has 3 aliphatic rings. The van der Waals surface area contributed by atoms with E-state index in [-0.39, 0.29) is 41.6 Å². The van der Waals surface area contributed by atoms with Gasteiger partial charge >= 0.3 is 0 Å². The Balaban J connectivity index is 1.36. The lowest BCUT2D eigenvalue weighted by molar-refractivity contribution is -0.151. The number of aromatic nitrogens is 2. The Morgan fingerprint density at radius 1 is 1.14 bits per heavy atom. The van der Waals surface area contributed by atoms with Crippen LogP contribution in [0.4, 0.5) is 4.39 Å². The largest absolute Gasteiger partial charge is 0.341 e. The number of likely N-dealkylation sites (tertiary alicyclic amines) is 2. The van der Waals surface area contributed by atoms with E-state index in [4.69, 9.17) is 0 Å². The molecule has 7 heteroatoms. The molecule has 5 rings (SSSR count). The minimum Gasteiger partial charge on any atom is -0.341 e. The van der Waals surface area contributed by atoms with Crippen molar-refractivity contribution in [3.63, 3.8) is 0 Å². The lowest BCUT2D eigenvalue weighted by Gasteiger charge is -2.46. The van der Waals surface area contributed by atoms with E-state index in [0.29, 0.717) is 25.9 Å². The zero-order valence-corrected chi connectivity index (χ0v) is 16.5. The molecular formula is C22H25FN4O2. The van der Waals surface area contributed by atoms with Gasteiger partial charge in [-0.3, -0.25) is 9.59 Å². The number of aryl methyl sites for hydroxylation is 1. The van der Waals surface area contributed by atoms with Crippen LogP contribution in [0.15, 0.2) is 36.7 Å². The Hall–Kier alpha value is -2.70. The molecule has 29 heavy (non-hydrogen) atoms. The summed E-state index contributed by atoms with van der Waals surface area (Å²) in [5.41, 5.74) is 1.06. The number of hydrogen-bond acceptors (Lipinski definition) is 3. The van der Waals surface area contributed by atoms with Crippen LogP contribution in [0.25, 0.3) is 0 Å². The predicted octanol–water partition coefficient (Wildman–Crippen LogP) is 2.63. The SMILES string of the molecule is Cn1ccnc1[C@@H]1[C@@H](C(=O)N2CC(c3ccc(F)cc3)C2)CCC(=O)N1C1CC1. The van der Waals surface area contributed by atoms with E-state index in [1.54, 1.807) is 18.3 Å². The van der Waals surface area contributed by atoms with Gasteiger partial charge in [-0.25, -0.2) is 9.37 Å². The number of halogens is 1. The van der Waals surface area contributed by atoms with Crippen LogP contribution >= 0.6 is 0 Å². The summed E-state index contributed by atoms with van der Waals surface area (Å²) in [6, 6.07) is 6.48. The van der Waals surface area contributed by atoms with Crippen molar-refractivity contribution in [1.82, 2.24) is 19.4 Å². The zero-order chi connectivity index (χ0) is 20.1. The summed E-state index contributed by atoms with van der Waals surface area (Å²) in [5, 5.41) is 0. The monoisotopic (exact) mass is 396 g/mol. The van der Waals surface area contributed by atoms with Crippen molar-refractivity contribution in [2.75, 3.05) is 13.1 Å². The average Bonchev–Trinajstić information content (AvgIpc) is 3.42. The van der Waals surface area contributed by atoms with Crippen LogP contribution in [0, 0.1) is 11.7 Å². The molecule has 2 amide bonds. The van der Waals surface area contributed by atoms with Gasteiger partial charge in [-0.15, -0.1) is 0 Å². The van der Waals surface area contributed by atoms with Crippen molar-refractivity contribution >= 4 is 11.8 Å². The first-order valence-corrected chi connectivity index (χ1v) is 10.4. The molecule has 1 aromatic carbocycles. The van der Waals surface area contributed by atoms with Gasteiger partial charge in [-0.05, 0) is 37.0 Å². The van der Waals surface area contributed by atoms with Crippen molar-refractivity contribution in [2.24, 2.45) is 13.0 Å². The van der Waals surface area contributed by atoms with E-state index in [0.717, 1.165) is 24.2 Å². The van der Waals surface area contributed by atoms with Crippen LogP contribution in [0.5, 0.6) is 0 Å². The van der Waals surface area contributed by atoms with E-state index in [1.165, 1.54) is 12.1 Å². The fourth-order valence-corrected chi connectivity index (χ4v) is 4.76. The van der Waals surface area contributed by atoms with E-state index in [9.17, 15) is 14.0 Å². The fraction of sp³-hybridized carbons (Fsp3) is 0.500. The molecule has 3 heterocycles. The summed E-state index contributed by atoms with van der Waals surface area (Å²) in [6.07, 6.45) is 6.59. The number of amides is 2. The highest BCUT2D eigenvalue weighted by Crippen LogP contribution is 2.44. The summed E-state index contributed by atoms with van der Waals surface area (Å²) in [7, 11) is 1.92. The van der Waals surface area contributed by atoms with Gasteiger partial charge in [0.2, 0.25) is 11.8 Å². The van der Waals surface area contributed by atoms with Crippen LogP contribution in [-0.2, 0) is 16.6 Å². The van der Waals surface area contributed by atoms with Gasteiger partial charge in [-0.2, -0.15) is 0 Å². The molecule has 2 aromatic rings. The summed E-state index contributed by atoms with van der Waals surface area (Å²) in [5.74, 6) is 0.774. The van der Waals surface area contributed by atoms with E-state index in [1.807, 2.05) is 27.6 Å². The van der Waals surface area contributed by atoms with Crippen molar-refractivity contribution in [3.05, 3.63) is 53.9 Å². The molecule has 0 spiro atoms. The number of carbonyl (C=O) groups excluding carboxylic acids is 2. The zero-order valence-electron chi connectivity index (χ0n) is 16.5. The topological polar surface area (TPSA) is 58.4 Å². The number of hydrogen-bond donors (Lipinski definition) is 0. The molecule has 1 aromatic heterocycles. The molecule has 0 radical (unpaired) electrons. The number of piperidine rings is 1. The highest BCUT2D eigenvalue weighted by Gasteiger charge is 2.49. The van der Waals surface area contributed by atoms with E-state index in [2.05, 4.69) is 4.98 Å². The van der Waals surface area contributed by atoms with Crippen molar-refractivity contribution in [1.29, 1.82) is 0 Å². The molecule has 2 saturated heterocycles. The van der Waals surface area contributed by atoms with Crippen LogP contribution < -0.4 is 0 Å². The van der Waals surface area contributed by atoms with Crippen molar-refractivity contribution in [2.45, 2.75) is 43.7 Å². The van der Waals surface area contributed by atoms with Crippen LogP contribution in [0.3, 0.4) is 0 Å². The lowest BCUT2D eigenvalue weighted by atomic mass is 9.83. The number of imidazole rings is 1. The van der Waals surface area contributed by atoms with Gasteiger partial charge in [0.05, 0.1) is 5.92 Å². The van der Waals surface area contributed by atoms with Crippen LogP contribution in [-0.4, -0.2) is 50.3 Å². The number of nitrogens with zero attached hydrogens (tertiary/aromatic N) is 4. The third-order valence-electron chi connectivity index (χ3n) is 6.55. The van der Waals surface area contributed by atoms with Gasteiger partial charge in [0, 0.05) is 50.9 Å². The normalized spacial score (nSPS) is 25.2. The van der Waals surface area contributed by atoms with Crippen molar-refractivity contribution in [3.8, 4) is 0 Å². The van der Waals surface area contributed by atoms with Gasteiger partial charge in [-0.1, -0.05) is 12.1 Å². The number of carbonyl (C=O) groups is 2. The maximum Gasteiger partial charge on any atom is 0.228 e. The molecule has 1 aliphatic carbocycles. The second-order valence-corrected chi connectivity index (χ2v) is 8.51. The third kappa shape index (κ3) is 3.22. The number of rotatable bonds is 4. The van der Waals surface area contributed by atoms with Crippen LogP contribution in [0.1, 0.15) is 49.0 Å². The molecule has 3 fully saturated rings. The highest BCUT2D eigenvalue weighted by molar-refractivity contribution is 5.85. The summed E-state index contributed by atoms with van der Waals surface area (Å²) in [4.78, 5) is 34.5. The minimum absolute atomic E-state index is 0.106. The summed E-state index contributed by atoms with van der Waals surface area (Å²) in [6.45, 7) is 1.29. The Morgan fingerprint density at radius 3 is 2.48 bits per heavy atom.